The van der Waals surface area contributed by atoms with Crippen molar-refractivity contribution in [2.75, 3.05) is 26.0 Å². The van der Waals surface area contributed by atoms with Crippen LogP contribution in [0.4, 0.5) is 22.7 Å². The predicted molar refractivity (Wildman–Crippen MR) is 80.5 cm³/mol. The van der Waals surface area contributed by atoms with Gasteiger partial charge < -0.3 is 15.8 Å². The van der Waals surface area contributed by atoms with Gasteiger partial charge in [0.25, 0.3) is 0 Å². The van der Waals surface area contributed by atoms with Gasteiger partial charge in [0.05, 0.1) is 17.9 Å². The van der Waals surface area contributed by atoms with Crippen LogP contribution in [-0.2, 0) is 17.5 Å². The Balaban J connectivity index is 2.33. The average molecular weight is 349 g/mol. The Labute approximate surface area is 134 Å². The first-order valence-corrected chi connectivity index (χ1v) is 7.46. The van der Waals surface area contributed by atoms with Crippen molar-refractivity contribution in [1.29, 1.82) is 0 Å². The number of ether oxygens (including phenoxy) is 1. The summed E-state index contributed by atoms with van der Waals surface area (Å²) in [5, 5.41) is 3.27. The van der Waals surface area contributed by atoms with E-state index in [0.29, 0.717) is 30.6 Å². The van der Waals surface area contributed by atoms with Crippen molar-refractivity contribution in [3.05, 3.63) is 34.5 Å². The number of nitrogen functional groups attached to an aromatic ring is 1. The molecule has 0 radical (unpaired) electrons. The van der Waals surface area contributed by atoms with Crippen LogP contribution in [0.25, 0.3) is 11.3 Å². The molecular weight excluding hydrogens is 334 g/mol. The second-order valence-electron chi connectivity index (χ2n) is 4.72. The Morgan fingerprint density at radius 1 is 1.30 bits per heavy atom. The molecule has 0 bridgehead atoms. The highest BCUT2D eigenvalue weighted by molar-refractivity contribution is 7.15. The van der Waals surface area contributed by atoms with Crippen LogP contribution in [0.3, 0.4) is 0 Å². The van der Waals surface area contributed by atoms with Crippen molar-refractivity contribution in [3.63, 3.8) is 0 Å². The molecule has 0 aliphatic carbocycles. The summed E-state index contributed by atoms with van der Waals surface area (Å²) < 4.78 is 56.9. The summed E-state index contributed by atoms with van der Waals surface area (Å²) >= 11 is 1.15. The summed E-state index contributed by atoms with van der Waals surface area (Å²) in [7, 11) is 1.56. The highest BCUT2D eigenvalue weighted by Gasteiger charge is 2.31. The molecule has 1 aromatic heterocycles. The lowest BCUT2D eigenvalue weighted by Gasteiger charge is -2.10. The Bertz CT molecular complexity index is 673. The zero-order valence-corrected chi connectivity index (χ0v) is 13.0. The molecule has 0 unspecified atom stereocenters. The van der Waals surface area contributed by atoms with Crippen molar-refractivity contribution < 1.29 is 22.3 Å². The number of aromatic nitrogens is 1. The monoisotopic (exact) mass is 349 g/mol. The Morgan fingerprint density at radius 3 is 2.70 bits per heavy atom. The highest BCUT2D eigenvalue weighted by atomic mass is 32.1. The summed E-state index contributed by atoms with van der Waals surface area (Å²) in [5.74, 6) is -0.973. The average Bonchev–Trinajstić information content (AvgIpc) is 2.83. The van der Waals surface area contributed by atoms with Crippen molar-refractivity contribution in [1.82, 2.24) is 10.3 Å². The van der Waals surface area contributed by atoms with Gasteiger partial charge in [-0.15, -0.1) is 11.3 Å². The molecule has 0 aliphatic heterocycles. The number of nitrogens with zero attached hydrogens (tertiary/aromatic N) is 1. The topological polar surface area (TPSA) is 60.2 Å². The van der Waals surface area contributed by atoms with Crippen LogP contribution < -0.4 is 11.1 Å². The molecule has 0 spiro atoms. The Hall–Kier alpha value is -1.71. The highest BCUT2D eigenvalue weighted by Crippen LogP contribution is 2.35. The summed E-state index contributed by atoms with van der Waals surface area (Å²) in [6, 6.07) is 2.34. The zero-order chi connectivity index (χ0) is 17.0. The molecule has 1 aromatic carbocycles. The summed E-state index contributed by atoms with van der Waals surface area (Å²) in [5.41, 5.74) is 4.89. The molecule has 0 aliphatic rings. The molecule has 3 N–H and O–H groups in total. The van der Waals surface area contributed by atoms with Crippen LogP contribution >= 0.6 is 11.3 Å². The first-order valence-electron chi connectivity index (χ1n) is 6.64. The SMILES string of the molecule is COCCNCc1sc(N)nc1-c1cc(F)cc(C(F)(F)F)c1. The standard InChI is InChI=1S/C14H15F4N3OS/c1-22-3-2-20-7-11-12(21-13(19)23-11)8-4-9(14(16,17)18)6-10(15)5-8/h4-6,20H,2-3,7H2,1H3,(H2,19,21). The lowest BCUT2D eigenvalue weighted by molar-refractivity contribution is -0.137. The molecule has 2 rings (SSSR count). The maximum absolute atomic E-state index is 13.5. The number of nitrogens with two attached hydrogens (primary N) is 1. The van der Waals surface area contributed by atoms with Gasteiger partial charge >= 0.3 is 6.18 Å². The van der Waals surface area contributed by atoms with E-state index in [2.05, 4.69) is 10.3 Å². The maximum atomic E-state index is 13.5. The van der Waals surface area contributed by atoms with Crippen molar-refractivity contribution in [3.8, 4) is 11.3 Å². The van der Waals surface area contributed by atoms with Crippen LogP contribution in [-0.4, -0.2) is 25.2 Å². The van der Waals surface area contributed by atoms with Gasteiger partial charge in [0.2, 0.25) is 0 Å². The van der Waals surface area contributed by atoms with E-state index in [1.807, 2.05) is 0 Å². The number of alkyl halides is 3. The molecule has 0 atom stereocenters. The summed E-state index contributed by atoms with van der Waals surface area (Å²) in [6.45, 7) is 1.40. The molecule has 23 heavy (non-hydrogen) atoms. The van der Waals surface area contributed by atoms with Gasteiger partial charge in [-0.25, -0.2) is 9.37 Å². The molecule has 9 heteroatoms. The molecule has 0 saturated carbocycles. The maximum Gasteiger partial charge on any atom is 0.416 e. The molecule has 4 nitrogen and oxygen atoms in total. The van der Waals surface area contributed by atoms with E-state index in [1.54, 1.807) is 7.11 Å². The number of thiazole rings is 1. The van der Waals surface area contributed by atoms with Crippen molar-refractivity contribution >= 4 is 16.5 Å². The van der Waals surface area contributed by atoms with E-state index in [0.717, 1.165) is 23.5 Å². The van der Waals surface area contributed by atoms with Crippen molar-refractivity contribution in [2.24, 2.45) is 0 Å². The quantitative estimate of drug-likeness (QED) is 0.621. The zero-order valence-electron chi connectivity index (χ0n) is 12.2. The van der Waals surface area contributed by atoms with E-state index in [9.17, 15) is 17.6 Å². The third-order valence-corrected chi connectivity index (χ3v) is 3.87. The van der Waals surface area contributed by atoms with Crippen LogP contribution in [0.1, 0.15) is 10.4 Å². The summed E-state index contributed by atoms with van der Waals surface area (Å²) in [4.78, 5) is 4.67. The molecule has 2 aromatic rings. The van der Waals surface area contributed by atoms with Gasteiger partial charge in [0.1, 0.15) is 5.82 Å². The largest absolute Gasteiger partial charge is 0.416 e. The van der Waals surface area contributed by atoms with Crippen LogP contribution in [0, 0.1) is 5.82 Å². The van der Waals surface area contributed by atoms with Gasteiger partial charge in [-0.3, -0.25) is 0 Å². The van der Waals surface area contributed by atoms with Crippen molar-refractivity contribution in [2.45, 2.75) is 12.7 Å². The normalized spacial score (nSPS) is 11.9. The van der Waals surface area contributed by atoms with Gasteiger partial charge in [-0.2, -0.15) is 13.2 Å². The fourth-order valence-corrected chi connectivity index (χ4v) is 2.81. The number of rotatable bonds is 6. The van der Waals surface area contributed by atoms with Gasteiger partial charge in [-0.05, 0) is 18.2 Å². The van der Waals surface area contributed by atoms with Gasteiger partial charge in [-0.1, -0.05) is 0 Å². The Morgan fingerprint density at radius 2 is 2.04 bits per heavy atom. The number of benzene rings is 1. The minimum Gasteiger partial charge on any atom is -0.383 e. The molecule has 0 fully saturated rings. The van der Waals surface area contributed by atoms with Crippen LogP contribution in [0.2, 0.25) is 0 Å². The number of nitrogens with one attached hydrogen (secondary N) is 1. The van der Waals surface area contributed by atoms with E-state index in [-0.39, 0.29) is 16.4 Å². The number of halogens is 4. The van der Waals surface area contributed by atoms with E-state index >= 15 is 0 Å². The fraction of sp³-hybridized carbons (Fsp3) is 0.357. The van der Waals surface area contributed by atoms with E-state index < -0.39 is 17.6 Å². The molecule has 0 saturated heterocycles. The first-order chi connectivity index (χ1) is 10.8. The minimum absolute atomic E-state index is 0.0498. The minimum atomic E-state index is -4.63. The van der Waals surface area contributed by atoms with E-state index in [4.69, 9.17) is 10.5 Å². The fourth-order valence-electron chi connectivity index (χ4n) is 1.98. The van der Waals surface area contributed by atoms with E-state index in [1.165, 1.54) is 0 Å². The Kier molecular flexibility index (Phi) is 5.55. The second kappa shape index (κ2) is 7.24. The summed E-state index contributed by atoms with van der Waals surface area (Å²) in [6.07, 6.45) is -4.63. The predicted octanol–water partition coefficient (Wildman–Crippen LogP) is 3.29. The number of methoxy groups -OCH3 is 1. The molecule has 1 heterocycles. The van der Waals surface area contributed by atoms with Crippen LogP contribution in [0.5, 0.6) is 0 Å². The third-order valence-electron chi connectivity index (χ3n) is 2.98. The second-order valence-corrected chi connectivity index (χ2v) is 5.84. The first kappa shape index (κ1) is 17.6. The van der Waals surface area contributed by atoms with Gasteiger partial charge in [0.15, 0.2) is 5.13 Å². The number of anilines is 1. The third kappa shape index (κ3) is 4.63. The lowest BCUT2D eigenvalue weighted by atomic mass is 10.1. The van der Waals surface area contributed by atoms with Crippen LogP contribution in [0.15, 0.2) is 18.2 Å². The molecule has 126 valence electrons. The number of hydrogen-bond donors (Lipinski definition) is 2. The lowest BCUT2D eigenvalue weighted by Crippen LogP contribution is -2.18. The number of hydrogen-bond acceptors (Lipinski definition) is 5. The van der Waals surface area contributed by atoms with Gasteiger partial charge in [0, 0.05) is 30.6 Å². The molecule has 0 amide bonds. The molecular formula is C14H15F4N3OS. The smallest absolute Gasteiger partial charge is 0.383 e.